The van der Waals surface area contributed by atoms with E-state index in [1.807, 2.05) is 60.7 Å². The number of fused-ring (bicyclic) bond motifs is 1. The van der Waals surface area contributed by atoms with Gasteiger partial charge in [-0.3, -0.25) is 4.98 Å². The van der Waals surface area contributed by atoms with Gasteiger partial charge in [0.2, 0.25) is 0 Å². The molecule has 0 aliphatic heterocycles. The summed E-state index contributed by atoms with van der Waals surface area (Å²) >= 11 is 0. The van der Waals surface area contributed by atoms with E-state index in [1.54, 1.807) is 6.20 Å². The fourth-order valence-corrected chi connectivity index (χ4v) is 4.10. The number of para-hydroxylation sites is 2. The SMILES string of the molecule is [Au+3].[c-]1c(-c2ccc[n-]2)cccc1-c1cccc2c1nc(-c1[c-]cccc1)n2-c1ccccc1. The van der Waals surface area contributed by atoms with Crippen LogP contribution < -0.4 is 4.98 Å². The van der Waals surface area contributed by atoms with Crippen molar-refractivity contribution in [1.29, 1.82) is 0 Å². The first kappa shape index (κ1) is 21.2. The van der Waals surface area contributed by atoms with Gasteiger partial charge >= 0.3 is 22.4 Å². The number of hydrogen-bond donors (Lipinski definition) is 0. The van der Waals surface area contributed by atoms with Gasteiger partial charge in [-0.2, -0.15) is 6.20 Å². The molecule has 0 amide bonds. The zero-order valence-electron chi connectivity index (χ0n) is 17.5. The van der Waals surface area contributed by atoms with Gasteiger partial charge in [-0.1, -0.05) is 42.0 Å². The van der Waals surface area contributed by atoms with E-state index in [0.29, 0.717) is 0 Å². The molecule has 6 rings (SSSR count). The van der Waals surface area contributed by atoms with Gasteiger partial charge in [-0.15, -0.1) is 77.4 Å². The van der Waals surface area contributed by atoms with Crippen LogP contribution >= 0.6 is 0 Å². The Morgan fingerprint density at radius 2 is 1.48 bits per heavy atom. The van der Waals surface area contributed by atoms with Crippen LogP contribution in [-0.4, -0.2) is 9.55 Å². The van der Waals surface area contributed by atoms with Gasteiger partial charge in [-0.05, 0) is 18.2 Å². The monoisotopic (exact) mass is 605 g/mol. The molecule has 0 bridgehead atoms. The number of imidazole rings is 1. The summed E-state index contributed by atoms with van der Waals surface area (Å²) in [6, 6.07) is 41.6. The van der Waals surface area contributed by atoms with Crippen molar-refractivity contribution in [2.24, 2.45) is 0 Å². The Balaban J connectivity index is 0.00000228. The van der Waals surface area contributed by atoms with Crippen molar-refractivity contribution in [3.8, 4) is 39.5 Å². The normalized spacial score (nSPS) is 10.8. The second kappa shape index (κ2) is 9.08. The van der Waals surface area contributed by atoms with Crippen LogP contribution in [0.15, 0.2) is 109 Å². The van der Waals surface area contributed by atoms with Crippen LogP contribution in [0.1, 0.15) is 0 Å². The van der Waals surface area contributed by atoms with E-state index >= 15 is 0 Å². The number of benzene rings is 4. The molecular formula is C29H18AuN3. The van der Waals surface area contributed by atoms with Crippen molar-refractivity contribution in [1.82, 2.24) is 14.5 Å². The summed E-state index contributed by atoms with van der Waals surface area (Å²) in [7, 11) is 0. The molecule has 0 saturated heterocycles. The standard InChI is InChI=1S/C29H18N3.Au/c1-3-10-21(11-4-1)29-31-28-25(22-12-7-13-23(20-22)26-17-9-19-30-26)16-8-18-27(28)32(29)24-14-5-2-6-15-24;/h1-10,12-19H;/q-3;+3. The van der Waals surface area contributed by atoms with Crippen LogP contribution in [0.3, 0.4) is 0 Å². The van der Waals surface area contributed by atoms with Gasteiger partial charge in [0.25, 0.3) is 0 Å². The quantitative estimate of drug-likeness (QED) is 0.168. The molecule has 0 atom stereocenters. The summed E-state index contributed by atoms with van der Waals surface area (Å²) in [6.07, 6.45) is 1.81. The third kappa shape index (κ3) is 3.87. The molecule has 0 radical (unpaired) electrons. The average molecular weight is 605 g/mol. The van der Waals surface area contributed by atoms with Crippen LogP contribution in [0, 0.1) is 12.1 Å². The van der Waals surface area contributed by atoms with Crippen LogP contribution in [0.5, 0.6) is 0 Å². The molecule has 0 saturated carbocycles. The molecule has 4 heteroatoms. The molecule has 33 heavy (non-hydrogen) atoms. The Morgan fingerprint density at radius 3 is 2.27 bits per heavy atom. The van der Waals surface area contributed by atoms with Gasteiger partial charge in [-0.25, -0.2) is 5.69 Å². The van der Waals surface area contributed by atoms with E-state index < -0.39 is 0 Å². The summed E-state index contributed by atoms with van der Waals surface area (Å²) in [6.45, 7) is 0. The van der Waals surface area contributed by atoms with Gasteiger partial charge in [0.15, 0.2) is 0 Å². The number of rotatable bonds is 4. The number of hydrogen-bond acceptors (Lipinski definition) is 1. The summed E-state index contributed by atoms with van der Waals surface area (Å²) in [5.41, 5.74) is 7.95. The molecule has 0 unspecified atom stereocenters. The van der Waals surface area contributed by atoms with Crippen molar-refractivity contribution in [2.45, 2.75) is 0 Å². The first-order chi connectivity index (χ1) is 15.9. The number of nitrogens with zero attached hydrogens (tertiary/aromatic N) is 3. The smallest absolute Gasteiger partial charge is 0.699 e. The molecule has 4 aromatic carbocycles. The fraction of sp³-hybridized carbons (Fsp3) is 0. The predicted octanol–water partition coefficient (Wildman–Crippen LogP) is 6.58. The molecule has 0 N–H and O–H groups in total. The van der Waals surface area contributed by atoms with E-state index in [2.05, 4.69) is 64.1 Å². The first-order valence-corrected chi connectivity index (χ1v) is 10.5. The Bertz CT molecular complexity index is 1500. The van der Waals surface area contributed by atoms with E-state index in [9.17, 15) is 0 Å². The third-order valence-corrected chi connectivity index (χ3v) is 5.56. The van der Waals surface area contributed by atoms with Crippen LogP contribution in [-0.2, 0) is 22.4 Å². The predicted molar refractivity (Wildman–Crippen MR) is 128 cm³/mol. The average Bonchev–Trinajstić information content (AvgIpc) is 3.54. The van der Waals surface area contributed by atoms with Gasteiger partial charge in [0.1, 0.15) is 0 Å². The molecule has 2 aromatic heterocycles. The van der Waals surface area contributed by atoms with Crippen molar-refractivity contribution in [3.63, 3.8) is 0 Å². The minimum atomic E-state index is 0. The molecule has 0 fully saturated rings. The van der Waals surface area contributed by atoms with Crippen LogP contribution in [0.25, 0.3) is 50.5 Å². The summed E-state index contributed by atoms with van der Waals surface area (Å²) < 4.78 is 2.20. The maximum Gasteiger partial charge on any atom is 3.00 e. The largest absolute Gasteiger partial charge is 3.00 e. The molecular weight excluding hydrogens is 587 g/mol. The van der Waals surface area contributed by atoms with E-state index in [4.69, 9.17) is 4.98 Å². The summed E-state index contributed by atoms with van der Waals surface area (Å²) in [4.78, 5) is 9.55. The van der Waals surface area contributed by atoms with Crippen LogP contribution in [0.4, 0.5) is 0 Å². The summed E-state index contributed by atoms with van der Waals surface area (Å²) in [5.74, 6) is 0.869. The third-order valence-electron chi connectivity index (χ3n) is 5.56. The Kier molecular flexibility index (Phi) is 5.84. The minimum absolute atomic E-state index is 0. The maximum absolute atomic E-state index is 5.12. The molecule has 0 spiro atoms. The summed E-state index contributed by atoms with van der Waals surface area (Å²) in [5, 5.41) is 0. The molecule has 0 aliphatic rings. The van der Waals surface area contributed by atoms with Gasteiger partial charge < -0.3 is 9.55 Å². The van der Waals surface area contributed by atoms with Gasteiger partial charge in [0.05, 0.1) is 16.9 Å². The zero-order valence-corrected chi connectivity index (χ0v) is 19.7. The first-order valence-electron chi connectivity index (χ1n) is 10.5. The molecule has 0 aliphatic carbocycles. The minimum Gasteiger partial charge on any atom is -0.699 e. The van der Waals surface area contributed by atoms with Crippen molar-refractivity contribution < 1.29 is 22.4 Å². The topological polar surface area (TPSA) is 31.9 Å². The van der Waals surface area contributed by atoms with E-state index in [1.165, 1.54) is 0 Å². The maximum atomic E-state index is 5.12. The van der Waals surface area contributed by atoms with Crippen molar-refractivity contribution in [3.05, 3.63) is 121 Å². The van der Waals surface area contributed by atoms with Gasteiger partial charge in [0, 0.05) is 5.69 Å². The molecule has 160 valence electrons. The van der Waals surface area contributed by atoms with E-state index in [-0.39, 0.29) is 22.4 Å². The molecule has 2 heterocycles. The second-order valence-corrected chi connectivity index (χ2v) is 7.56. The van der Waals surface area contributed by atoms with Crippen molar-refractivity contribution >= 4 is 11.0 Å². The fourth-order valence-electron chi connectivity index (χ4n) is 4.10. The van der Waals surface area contributed by atoms with E-state index in [0.717, 1.165) is 50.5 Å². The van der Waals surface area contributed by atoms with Crippen LogP contribution in [0.2, 0.25) is 0 Å². The molecule has 6 aromatic rings. The Morgan fingerprint density at radius 1 is 0.697 bits per heavy atom. The van der Waals surface area contributed by atoms with Crippen molar-refractivity contribution in [2.75, 3.05) is 0 Å². The Hall–Kier alpha value is -3.63. The zero-order chi connectivity index (χ0) is 21.3. The Labute approximate surface area is 208 Å². The number of aromatic nitrogens is 3. The second-order valence-electron chi connectivity index (χ2n) is 7.56. The molecule has 3 nitrogen and oxygen atoms in total.